The average Bonchev–Trinajstić information content (AvgIpc) is 2.83. The molecule has 3 heteroatoms. The zero-order chi connectivity index (χ0) is 13.4. The highest BCUT2D eigenvalue weighted by atomic mass is 35.5. The SMILES string of the molecule is CC[C@H](O)[C@H](N)c1ccc2c(c1)Cc1ccccc1-2.Cl. The minimum absolute atomic E-state index is 0. The third-order valence-electron chi connectivity index (χ3n) is 4.04. The fraction of sp³-hybridized carbons (Fsp3) is 0.294. The van der Waals surface area contributed by atoms with Gasteiger partial charge in [0.15, 0.2) is 0 Å². The standard InChI is InChI=1S/C17H19NO.ClH/c1-2-16(19)17(18)12-7-8-15-13(10-12)9-11-5-3-4-6-14(11)15;/h3-8,10,16-17,19H,2,9,18H2,1H3;1H/t16-,17+;/m0./s1. The zero-order valence-corrected chi connectivity index (χ0v) is 12.4. The molecule has 0 bridgehead atoms. The Hall–Kier alpha value is -1.35. The summed E-state index contributed by atoms with van der Waals surface area (Å²) in [5.74, 6) is 0. The van der Waals surface area contributed by atoms with E-state index in [9.17, 15) is 5.11 Å². The molecule has 0 aliphatic heterocycles. The van der Waals surface area contributed by atoms with E-state index in [0.29, 0.717) is 6.42 Å². The van der Waals surface area contributed by atoms with Crippen molar-refractivity contribution >= 4 is 12.4 Å². The number of hydrogen-bond acceptors (Lipinski definition) is 2. The van der Waals surface area contributed by atoms with Crippen molar-refractivity contribution in [3.05, 3.63) is 59.2 Å². The predicted molar refractivity (Wildman–Crippen MR) is 85.2 cm³/mol. The van der Waals surface area contributed by atoms with Crippen molar-refractivity contribution in [1.82, 2.24) is 0 Å². The van der Waals surface area contributed by atoms with Crippen molar-refractivity contribution in [1.29, 1.82) is 0 Å². The summed E-state index contributed by atoms with van der Waals surface area (Å²) in [6.07, 6.45) is 1.18. The summed E-state index contributed by atoms with van der Waals surface area (Å²) in [5, 5.41) is 9.88. The third-order valence-corrected chi connectivity index (χ3v) is 4.04. The molecule has 20 heavy (non-hydrogen) atoms. The van der Waals surface area contributed by atoms with E-state index in [1.807, 2.05) is 13.0 Å². The smallest absolute Gasteiger partial charge is 0.0730 e. The summed E-state index contributed by atoms with van der Waals surface area (Å²) in [7, 11) is 0. The van der Waals surface area contributed by atoms with E-state index < -0.39 is 6.10 Å². The molecule has 0 fully saturated rings. The fourth-order valence-electron chi connectivity index (χ4n) is 2.85. The van der Waals surface area contributed by atoms with Gasteiger partial charge in [0.05, 0.1) is 12.1 Å². The van der Waals surface area contributed by atoms with Crippen LogP contribution in [0.5, 0.6) is 0 Å². The highest BCUT2D eigenvalue weighted by molar-refractivity contribution is 5.85. The van der Waals surface area contributed by atoms with Crippen LogP contribution in [0.1, 0.15) is 36.1 Å². The molecule has 2 aromatic rings. The second kappa shape index (κ2) is 5.96. The summed E-state index contributed by atoms with van der Waals surface area (Å²) >= 11 is 0. The Bertz CT molecular complexity index is 612. The first-order chi connectivity index (χ1) is 9.20. The summed E-state index contributed by atoms with van der Waals surface area (Å²) in [6, 6.07) is 14.5. The first-order valence-electron chi connectivity index (χ1n) is 6.85. The molecule has 2 nitrogen and oxygen atoms in total. The second-order valence-electron chi connectivity index (χ2n) is 5.25. The van der Waals surface area contributed by atoms with Gasteiger partial charge in [-0.25, -0.2) is 0 Å². The first kappa shape index (κ1) is 15.0. The molecule has 2 aromatic carbocycles. The van der Waals surface area contributed by atoms with Gasteiger partial charge in [0.25, 0.3) is 0 Å². The summed E-state index contributed by atoms with van der Waals surface area (Å²) in [6.45, 7) is 1.95. The molecule has 0 saturated heterocycles. The molecule has 0 saturated carbocycles. The number of hydrogen-bond donors (Lipinski definition) is 2. The van der Waals surface area contributed by atoms with Crippen LogP contribution in [0, 0.1) is 0 Å². The Balaban J connectivity index is 0.00000147. The molecular formula is C17H20ClNO. The van der Waals surface area contributed by atoms with Gasteiger partial charge >= 0.3 is 0 Å². The summed E-state index contributed by atoms with van der Waals surface area (Å²) in [4.78, 5) is 0. The van der Waals surface area contributed by atoms with Gasteiger partial charge in [0.2, 0.25) is 0 Å². The fourth-order valence-corrected chi connectivity index (χ4v) is 2.85. The topological polar surface area (TPSA) is 46.2 Å². The quantitative estimate of drug-likeness (QED) is 0.776. The lowest BCUT2D eigenvalue weighted by Gasteiger charge is -2.18. The lowest BCUT2D eigenvalue weighted by molar-refractivity contribution is 0.140. The van der Waals surface area contributed by atoms with Gasteiger partial charge in [-0.15, -0.1) is 12.4 Å². The maximum Gasteiger partial charge on any atom is 0.0730 e. The average molecular weight is 290 g/mol. The number of halogens is 1. The third kappa shape index (κ3) is 2.47. The van der Waals surface area contributed by atoms with Gasteiger partial charge in [-0.3, -0.25) is 0 Å². The van der Waals surface area contributed by atoms with E-state index in [0.717, 1.165) is 12.0 Å². The minimum Gasteiger partial charge on any atom is -0.391 e. The zero-order valence-electron chi connectivity index (χ0n) is 11.5. The van der Waals surface area contributed by atoms with Crippen molar-refractivity contribution in [2.24, 2.45) is 5.73 Å². The summed E-state index contributed by atoms with van der Waals surface area (Å²) in [5.41, 5.74) is 12.4. The van der Waals surface area contributed by atoms with Crippen LogP contribution in [0.15, 0.2) is 42.5 Å². The van der Waals surface area contributed by atoms with Crippen molar-refractivity contribution < 1.29 is 5.11 Å². The van der Waals surface area contributed by atoms with Gasteiger partial charge in [-0.2, -0.15) is 0 Å². The Labute approximate surface area is 126 Å². The molecule has 0 unspecified atom stereocenters. The maximum absolute atomic E-state index is 9.88. The summed E-state index contributed by atoms with van der Waals surface area (Å²) < 4.78 is 0. The van der Waals surface area contributed by atoms with Crippen LogP contribution < -0.4 is 5.73 Å². The van der Waals surface area contributed by atoms with E-state index in [2.05, 4.69) is 36.4 Å². The molecule has 1 aliphatic rings. The Kier molecular flexibility index (Phi) is 4.48. The second-order valence-corrected chi connectivity index (χ2v) is 5.25. The molecule has 0 spiro atoms. The van der Waals surface area contributed by atoms with Gasteiger partial charge < -0.3 is 10.8 Å². The molecule has 0 amide bonds. The van der Waals surface area contributed by atoms with Gasteiger partial charge in [0, 0.05) is 0 Å². The molecule has 0 heterocycles. The number of aliphatic hydroxyl groups is 1. The Morgan fingerprint density at radius 2 is 1.80 bits per heavy atom. The van der Waals surface area contributed by atoms with E-state index in [4.69, 9.17) is 5.73 Å². The molecule has 0 radical (unpaired) electrons. The van der Waals surface area contributed by atoms with Gasteiger partial charge in [0.1, 0.15) is 0 Å². The molecule has 1 aliphatic carbocycles. The van der Waals surface area contributed by atoms with E-state index in [-0.39, 0.29) is 18.4 Å². The predicted octanol–water partition coefficient (Wildman–Crippen LogP) is 3.45. The number of benzene rings is 2. The Morgan fingerprint density at radius 1 is 1.10 bits per heavy atom. The molecular weight excluding hydrogens is 270 g/mol. The van der Waals surface area contributed by atoms with Crippen LogP contribution in [0.2, 0.25) is 0 Å². The van der Waals surface area contributed by atoms with Crippen LogP contribution in [-0.4, -0.2) is 11.2 Å². The van der Waals surface area contributed by atoms with E-state index in [1.54, 1.807) is 0 Å². The van der Waals surface area contributed by atoms with Crippen molar-refractivity contribution in [3.63, 3.8) is 0 Å². The molecule has 3 rings (SSSR count). The number of rotatable bonds is 3. The number of nitrogens with two attached hydrogens (primary N) is 1. The van der Waals surface area contributed by atoms with Crippen LogP contribution in [-0.2, 0) is 6.42 Å². The highest BCUT2D eigenvalue weighted by Gasteiger charge is 2.21. The molecule has 106 valence electrons. The monoisotopic (exact) mass is 289 g/mol. The normalized spacial score (nSPS) is 14.9. The maximum atomic E-state index is 9.88. The van der Waals surface area contributed by atoms with Crippen LogP contribution in [0.25, 0.3) is 11.1 Å². The van der Waals surface area contributed by atoms with Crippen molar-refractivity contribution in [2.45, 2.75) is 31.9 Å². The largest absolute Gasteiger partial charge is 0.391 e. The molecule has 0 aromatic heterocycles. The van der Waals surface area contributed by atoms with Crippen LogP contribution in [0.4, 0.5) is 0 Å². The van der Waals surface area contributed by atoms with E-state index >= 15 is 0 Å². The molecule has 2 atom stereocenters. The van der Waals surface area contributed by atoms with Gasteiger partial charge in [-0.05, 0) is 40.7 Å². The number of aliphatic hydroxyl groups excluding tert-OH is 1. The van der Waals surface area contributed by atoms with Crippen LogP contribution in [0.3, 0.4) is 0 Å². The Morgan fingerprint density at radius 3 is 2.55 bits per heavy atom. The minimum atomic E-state index is -0.471. The van der Waals surface area contributed by atoms with Crippen LogP contribution >= 0.6 is 12.4 Å². The number of fused-ring (bicyclic) bond motifs is 3. The lowest BCUT2D eigenvalue weighted by atomic mass is 9.96. The lowest BCUT2D eigenvalue weighted by Crippen LogP contribution is -2.25. The van der Waals surface area contributed by atoms with Crippen molar-refractivity contribution in [2.75, 3.05) is 0 Å². The first-order valence-corrected chi connectivity index (χ1v) is 6.85. The van der Waals surface area contributed by atoms with E-state index in [1.165, 1.54) is 22.3 Å². The highest BCUT2D eigenvalue weighted by Crippen LogP contribution is 2.37. The van der Waals surface area contributed by atoms with Gasteiger partial charge in [-0.1, -0.05) is 49.4 Å². The molecule has 3 N–H and O–H groups in total. The van der Waals surface area contributed by atoms with Crippen molar-refractivity contribution in [3.8, 4) is 11.1 Å².